The smallest absolute Gasteiger partial charge is 0.321 e. The number of sulfone groups is 1. The van der Waals surface area contributed by atoms with Crippen molar-refractivity contribution in [3.63, 3.8) is 0 Å². The molecule has 1 fully saturated rings. The minimum atomic E-state index is -3.35. The van der Waals surface area contributed by atoms with Crippen LogP contribution in [0.3, 0.4) is 0 Å². The Hall–Kier alpha value is -2.09. The Morgan fingerprint density at radius 3 is 2.50 bits per heavy atom. The molecule has 20 heavy (non-hydrogen) atoms. The highest BCUT2D eigenvalue weighted by Crippen LogP contribution is 2.19. The van der Waals surface area contributed by atoms with E-state index in [0.29, 0.717) is 18.8 Å². The summed E-state index contributed by atoms with van der Waals surface area (Å²) >= 11 is 0. The average molecular weight is 297 g/mol. The van der Waals surface area contributed by atoms with Crippen molar-refractivity contribution in [2.75, 3.05) is 35.3 Å². The van der Waals surface area contributed by atoms with E-state index in [0.717, 1.165) is 11.9 Å². The SMILES string of the molecule is CS(=O)(=O)CC(=O)Nc1ccc(N2CCNC2=O)cc1. The zero-order valence-electron chi connectivity index (χ0n) is 10.9. The molecule has 0 aromatic heterocycles. The second kappa shape index (κ2) is 5.49. The highest BCUT2D eigenvalue weighted by molar-refractivity contribution is 7.91. The van der Waals surface area contributed by atoms with Gasteiger partial charge < -0.3 is 10.6 Å². The summed E-state index contributed by atoms with van der Waals surface area (Å²) in [6, 6.07) is 6.49. The van der Waals surface area contributed by atoms with Gasteiger partial charge in [0, 0.05) is 30.7 Å². The molecule has 0 spiro atoms. The van der Waals surface area contributed by atoms with Crippen LogP contribution >= 0.6 is 0 Å². The van der Waals surface area contributed by atoms with Gasteiger partial charge >= 0.3 is 6.03 Å². The molecular weight excluding hydrogens is 282 g/mol. The number of rotatable bonds is 4. The molecule has 1 aromatic carbocycles. The number of carbonyl (C=O) groups excluding carboxylic acids is 2. The first kappa shape index (κ1) is 14.3. The predicted molar refractivity (Wildman–Crippen MR) is 75.5 cm³/mol. The first-order chi connectivity index (χ1) is 9.35. The van der Waals surface area contributed by atoms with Gasteiger partial charge in [0.1, 0.15) is 5.75 Å². The molecule has 1 heterocycles. The molecule has 108 valence electrons. The van der Waals surface area contributed by atoms with Crippen LogP contribution in [0.2, 0.25) is 0 Å². The van der Waals surface area contributed by atoms with Crippen LogP contribution in [-0.2, 0) is 14.6 Å². The van der Waals surface area contributed by atoms with Crippen molar-refractivity contribution in [2.45, 2.75) is 0 Å². The van der Waals surface area contributed by atoms with E-state index in [9.17, 15) is 18.0 Å². The van der Waals surface area contributed by atoms with E-state index in [1.54, 1.807) is 29.2 Å². The molecule has 1 saturated heterocycles. The summed E-state index contributed by atoms with van der Waals surface area (Å²) in [4.78, 5) is 24.5. The Morgan fingerprint density at radius 2 is 2.00 bits per heavy atom. The second-order valence-corrected chi connectivity index (χ2v) is 6.69. The summed E-state index contributed by atoms with van der Waals surface area (Å²) in [5.74, 6) is -1.14. The molecule has 0 unspecified atom stereocenters. The lowest BCUT2D eigenvalue weighted by Gasteiger charge is -2.14. The third-order valence-electron chi connectivity index (χ3n) is 2.71. The average Bonchev–Trinajstić information content (AvgIpc) is 2.74. The first-order valence-corrected chi connectivity index (χ1v) is 8.04. The molecule has 2 N–H and O–H groups in total. The standard InChI is InChI=1S/C12H15N3O4S/c1-20(18,19)8-11(16)14-9-2-4-10(5-3-9)15-7-6-13-12(15)17/h2-5H,6-8H2,1H3,(H,13,17)(H,14,16). The van der Waals surface area contributed by atoms with Gasteiger partial charge in [-0.2, -0.15) is 0 Å². The van der Waals surface area contributed by atoms with Gasteiger partial charge in [-0.15, -0.1) is 0 Å². The normalized spacial score (nSPS) is 15.1. The van der Waals surface area contributed by atoms with Gasteiger partial charge in [-0.3, -0.25) is 9.69 Å². The highest BCUT2D eigenvalue weighted by Gasteiger charge is 2.20. The Balaban J connectivity index is 2.01. The number of carbonyl (C=O) groups is 2. The van der Waals surface area contributed by atoms with E-state index in [-0.39, 0.29) is 6.03 Å². The third-order valence-corrected chi connectivity index (χ3v) is 3.50. The molecule has 0 radical (unpaired) electrons. The number of anilines is 2. The van der Waals surface area contributed by atoms with E-state index < -0.39 is 21.5 Å². The van der Waals surface area contributed by atoms with E-state index in [1.165, 1.54) is 0 Å². The van der Waals surface area contributed by atoms with Crippen molar-refractivity contribution >= 4 is 33.2 Å². The molecule has 1 aliphatic rings. The van der Waals surface area contributed by atoms with Crippen molar-refractivity contribution in [3.05, 3.63) is 24.3 Å². The van der Waals surface area contributed by atoms with Crippen LogP contribution in [0.4, 0.5) is 16.2 Å². The maximum Gasteiger partial charge on any atom is 0.321 e. The summed E-state index contributed by atoms with van der Waals surface area (Å²) in [6.07, 6.45) is 1.00. The summed E-state index contributed by atoms with van der Waals surface area (Å²) in [6.45, 7) is 1.20. The van der Waals surface area contributed by atoms with Crippen LogP contribution in [-0.4, -0.2) is 45.5 Å². The molecule has 1 aromatic rings. The van der Waals surface area contributed by atoms with E-state index in [1.807, 2.05) is 0 Å². The molecule has 7 nitrogen and oxygen atoms in total. The molecule has 0 saturated carbocycles. The quantitative estimate of drug-likeness (QED) is 0.830. The topological polar surface area (TPSA) is 95.6 Å². The maximum atomic E-state index is 11.5. The number of amides is 3. The summed E-state index contributed by atoms with van der Waals surface area (Å²) < 4.78 is 22.0. The predicted octanol–water partition coefficient (Wildman–Crippen LogP) is 0.199. The van der Waals surface area contributed by atoms with Crippen molar-refractivity contribution in [2.24, 2.45) is 0 Å². The molecule has 3 amide bonds. The lowest BCUT2D eigenvalue weighted by molar-refractivity contribution is -0.113. The van der Waals surface area contributed by atoms with E-state index >= 15 is 0 Å². The van der Waals surface area contributed by atoms with Crippen LogP contribution < -0.4 is 15.5 Å². The molecule has 2 rings (SSSR count). The lowest BCUT2D eigenvalue weighted by Crippen LogP contribution is -2.27. The van der Waals surface area contributed by atoms with Gasteiger partial charge in [0.15, 0.2) is 9.84 Å². The van der Waals surface area contributed by atoms with Gasteiger partial charge in [-0.25, -0.2) is 13.2 Å². The van der Waals surface area contributed by atoms with Crippen LogP contribution in [0, 0.1) is 0 Å². The minimum Gasteiger partial charge on any atom is -0.336 e. The number of hydrogen-bond donors (Lipinski definition) is 2. The number of nitrogens with zero attached hydrogens (tertiary/aromatic N) is 1. The van der Waals surface area contributed by atoms with Gasteiger partial charge in [-0.05, 0) is 24.3 Å². The van der Waals surface area contributed by atoms with Gasteiger partial charge in [-0.1, -0.05) is 0 Å². The van der Waals surface area contributed by atoms with E-state index in [2.05, 4.69) is 10.6 Å². The van der Waals surface area contributed by atoms with Crippen LogP contribution in [0.15, 0.2) is 24.3 Å². The molecule has 0 aliphatic carbocycles. The molecule has 1 aliphatic heterocycles. The number of nitrogens with one attached hydrogen (secondary N) is 2. The molecular formula is C12H15N3O4S. The summed E-state index contributed by atoms with van der Waals surface area (Å²) in [5.41, 5.74) is 1.21. The monoisotopic (exact) mass is 297 g/mol. The fraction of sp³-hybridized carbons (Fsp3) is 0.333. The molecule has 0 bridgehead atoms. The van der Waals surface area contributed by atoms with E-state index in [4.69, 9.17) is 0 Å². The van der Waals surface area contributed by atoms with Crippen molar-refractivity contribution in [3.8, 4) is 0 Å². The first-order valence-electron chi connectivity index (χ1n) is 5.98. The van der Waals surface area contributed by atoms with Crippen molar-refractivity contribution < 1.29 is 18.0 Å². The molecule has 8 heteroatoms. The highest BCUT2D eigenvalue weighted by atomic mass is 32.2. The van der Waals surface area contributed by atoms with Crippen LogP contribution in [0.5, 0.6) is 0 Å². The maximum absolute atomic E-state index is 11.5. The van der Waals surface area contributed by atoms with Crippen LogP contribution in [0.25, 0.3) is 0 Å². The van der Waals surface area contributed by atoms with Crippen molar-refractivity contribution in [1.82, 2.24) is 5.32 Å². The minimum absolute atomic E-state index is 0.154. The zero-order chi connectivity index (χ0) is 14.8. The Morgan fingerprint density at radius 1 is 1.35 bits per heavy atom. The molecule has 0 atom stereocenters. The Bertz CT molecular complexity index is 625. The number of urea groups is 1. The second-order valence-electron chi connectivity index (χ2n) is 4.55. The van der Waals surface area contributed by atoms with Crippen molar-refractivity contribution in [1.29, 1.82) is 0 Å². The summed E-state index contributed by atoms with van der Waals surface area (Å²) in [7, 11) is -3.35. The third kappa shape index (κ3) is 3.70. The number of benzene rings is 1. The van der Waals surface area contributed by atoms with Crippen LogP contribution in [0.1, 0.15) is 0 Å². The largest absolute Gasteiger partial charge is 0.336 e. The van der Waals surface area contributed by atoms with Gasteiger partial charge in [0.05, 0.1) is 0 Å². The lowest BCUT2D eigenvalue weighted by atomic mass is 10.2. The fourth-order valence-electron chi connectivity index (χ4n) is 1.88. The van der Waals surface area contributed by atoms with Gasteiger partial charge in [0.25, 0.3) is 0 Å². The fourth-order valence-corrected chi connectivity index (χ4v) is 2.43. The summed E-state index contributed by atoms with van der Waals surface area (Å²) in [5, 5.41) is 5.18. The Kier molecular flexibility index (Phi) is 3.93. The Labute approximate surface area is 116 Å². The van der Waals surface area contributed by atoms with Gasteiger partial charge in [0.2, 0.25) is 5.91 Å². The number of hydrogen-bond acceptors (Lipinski definition) is 4. The zero-order valence-corrected chi connectivity index (χ0v) is 11.7.